The van der Waals surface area contributed by atoms with Crippen LogP contribution in [0.15, 0.2) is 42.5 Å². The van der Waals surface area contributed by atoms with E-state index in [0.29, 0.717) is 16.9 Å². The lowest BCUT2D eigenvalue weighted by atomic mass is 10.1. The molecule has 0 atom stereocenters. The second-order valence-corrected chi connectivity index (χ2v) is 5.39. The largest absolute Gasteiger partial charge is 0.436 e. The number of benzene rings is 2. The van der Waals surface area contributed by atoms with Gasteiger partial charge in [0.1, 0.15) is 0 Å². The second kappa shape index (κ2) is 6.89. The lowest BCUT2D eigenvalue weighted by Gasteiger charge is -2.08. The van der Waals surface area contributed by atoms with Crippen molar-refractivity contribution in [3.8, 4) is 12.3 Å². The van der Waals surface area contributed by atoms with E-state index >= 15 is 0 Å². The number of ether oxygens (including phenoxy) is 1. The van der Waals surface area contributed by atoms with Gasteiger partial charge in [-0.1, -0.05) is 18.1 Å². The molecule has 0 fully saturated rings. The molecule has 6 heteroatoms. The highest BCUT2D eigenvalue weighted by Gasteiger charge is 2.06. The summed E-state index contributed by atoms with van der Waals surface area (Å²) in [5.41, 5.74) is 2.69. The number of rotatable bonds is 3. The van der Waals surface area contributed by atoms with E-state index in [1.807, 2.05) is 24.3 Å². The molecule has 2 amide bonds. The molecule has 0 saturated carbocycles. The van der Waals surface area contributed by atoms with Gasteiger partial charge in [-0.25, -0.2) is 9.78 Å². The number of nitrogens with one attached hydrogen (secondary N) is 2. The van der Waals surface area contributed by atoms with E-state index in [-0.39, 0.29) is 12.5 Å². The lowest BCUT2D eigenvalue weighted by Crippen LogP contribution is -2.13. The number of terminal acetylenes is 1. The van der Waals surface area contributed by atoms with E-state index in [4.69, 9.17) is 11.2 Å². The van der Waals surface area contributed by atoms with Crippen molar-refractivity contribution in [1.29, 1.82) is 0 Å². The maximum Gasteiger partial charge on any atom is 0.412 e. The van der Waals surface area contributed by atoms with Gasteiger partial charge in [-0.05, 0) is 30.3 Å². The van der Waals surface area contributed by atoms with Crippen LogP contribution in [0.3, 0.4) is 0 Å². The number of anilines is 2. The minimum absolute atomic E-state index is 0.0891. The van der Waals surface area contributed by atoms with Gasteiger partial charge in [-0.15, -0.1) is 6.42 Å². The summed E-state index contributed by atoms with van der Waals surface area (Å²) in [5.74, 6) is 2.09. The fourth-order valence-electron chi connectivity index (χ4n) is 2.44. The minimum atomic E-state index is -0.619. The summed E-state index contributed by atoms with van der Waals surface area (Å²) < 4.78 is 4.78. The van der Waals surface area contributed by atoms with Crippen LogP contribution in [-0.2, 0) is 9.53 Å². The van der Waals surface area contributed by atoms with Gasteiger partial charge in [0.2, 0.25) is 5.91 Å². The molecule has 0 aliphatic rings. The molecule has 0 aliphatic heterocycles. The summed E-state index contributed by atoms with van der Waals surface area (Å²) in [5, 5.41) is 7.22. The summed E-state index contributed by atoms with van der Waals surface area (Å²) >= 11 is 0. The van der Waals surface area contributed by atoms with Crippen LogP contribution in [-0.4, -0.2) is 23.6 Å². The van der Waals surface area contributed by atoms with Crippen LogP contribution < -0.4 is 10.6 Å². The number of carbonyl (C=O) groups excluding carboxylic acids is 2. The Bertz CT molecular complexity index is 1020. The molecular formula is C19H15N3O3. The Labute approximate surface area is 144 Å². The highest BCUT2D eigenvalue weighted by molar-refractivity contribution is 5.98. The zero-order chi connectivity index (χ0) is 17.8. The number of aromatic nitrogens is 1. The molecule has 3 rings (SSSR count). The number of fused-ring (bicyclic) bond motifs is 2. The summed E-state index contributed by atoms with van der Waals surface area (Å²) in [7, 11) is 0. The van der Waals surface area contributed by atoms with Gasteiger partial charge in [-0.2, -0.15) is 0 Å². The van der Waals surface area contributed by atoms with Gasteiger partial charge < -0.3 is 10.1 Å². The molecule has 3 aromatic rings. The third kappa shape index (κ3) is 3.85. The van der Waals surface area contributed by atoms with E-state index in [9.17, 15) is 9.59 Å². The Hall–Kier alpha value is -3.59. The molecule has 2 aromatic carbocycles. The smallest absolute Gasteiger partial charge is 0.412 e. The Balaban J connectivity index is 1.94. The van der Waals surface area contributed by atoms with Crippen LogP contribution in [0.4, 0.5) is 16.2 Å². The standard InChI is InChI=1S/C19H15N3O3/c1-3-8-25-19(24)21-16-7-5-14-9-13-4-6-15(20-12(2)23)10-17(13)22-18(14)11-16/h1,4-7,9-11H,8H2,2H3,(H,20,23)(H,21,24). The predicted molar refractivity (Wildman–Crippen MR) is 97.4 cm³/mol. The number of pyridine rings is 1. The van der Waals surface area contributed by atoms with Crippen molar-refractivity contribution in [1.82, 2.24) is 4.98 Å². The summed E-state index contributed by atoms with van der Waals surface area (Å²) in [6.45, 7) is 1.36. The molecule has 0 radical (unpaired) electrons. The maximum atomic E-state index is 11.6. The van der Waals surface area contributed by atoms with E-state index in [0.717, 1.165) is 16.3 Å². The molecule has 1 aromatic heterocycles. The van der Waals surface area contributed by atoms with Gasteiger partial charge in [0.05, 0.1) is 11.0 Å². The van der Waals surface area contributed by atoms with E-state index in [1.54, 1.807) is 18.2 Å². The molecule has 25 heavy (non-hydrogen) atoms. The molecule has 6 nitrogen and oxygen atoms in total. The average molecular weight is 333 g/mol. The number of amides is 2. The van der Waals surface area contributed by atoms with Crippen LogP contribution in [0, 0.1) is 12.3 Å². The normalized spacial score (nSPS) is 10.2. The van der Waals surface area contributed by atoms with Crippen LogP contribution in [0.25, 0.3) is 21.8 Å². The van der Waals surface area contributed by atoms with Crippen molar-refractivity contribution in [2.75, 3.05) is 17.2 Å². The molecular weight excluding hydrogens is 318 g/mol. The van der Waals surface area contributed by atoms with Gasteiger partial charge >= 0.3 is 6.09 Å². The molecule has 0 aliphatic carbocycles. The third-order valence-corrected chi connectivity index (χ3v) is 3.47. The number of hydrogen-bond acceptors (Lipinski definition) is 4. The van der Waals surface area contributed by atoms with Crippen molar-refractivity contribution in [2.24, 2.45) is 0 Å². The Morgan fingerprint density at radius 3 is 2.20 bits per heavy atom. The Morgan fingerprint density at radius 1 is 1.04 bits per heavy atom. The van der Waals surface area contributed by atoms with Gasteiger partial charge in [0.25, 0.3) is 0 Å². The number of carbonyl (C=O) groups is 2. The first-order chi connectivity index (χ1) is 12.0. The fourth-order valence-corrected chi connectivity index (χ4v) is 2.44. The van der Waals surface area contributed by atoms with Gasteiger partial charge in [-0.3, -0.25) is 10.1 Å². The van der Waals surface area contributed by atoms with E-state index in [2.05, 4.69) is 21.5 Å². The molecule has 0 saturated heterocycles. The van der Waals surface area contributed by atoms with Crippen molar-refractivity contribution in [2.45, 2.75) is 6.92 Å². The van der Waals surface area contributed by atoms with Crippen molar-refractivity contribution in [3.63, 3.8) is 0 Å². The van der Waals surface area contributed by atoms with Crippen LogP contribution in [0.2, 0.25) is 0 Å². The van der Waals surface area contributed by atoms with Gasteiger partial charge in [0, 0.05) is 29.1 Å². The highest BCUT2D eigenvalue weighted by Crippen LogP contribution is 2.24. The van der Waals surface area contributed by atoms with E-state index < -0.39 is 6.09 Å². The molecule has 124 valence electrons. The van der Waals surface area contributed by atoms with Crippen molar-refractivity contribution >= 4 is 45.2 Å². The van der Waals surface area contributed by atoms with Crippen LogP contribution in [0.5, 0.6) is 0 Å². The Kier molecular flexibility index (Phi) is 4.48. The maximum absolute atomic E-state index is 11.6. The third-order valence-electron chi connectivity index (χ3n) is 3.47. The molecule has 0 spiro atoms. The number of hydrogen-bond donors (Lipinski definition) is 2. The van der Waals surface area contributed by atoms with Gasteiger partial charge in [0.15, 0.2) is 6.61 Å². The van der Waals surface area contributed by atoms with Crippen molar-refractivity contribution < 1.29 is 14.3 Å². The topological polar surface area (TPSA) is 80.3 Å². The Morgan fingerprint density at radius 2 is 1.64 bits per heavy atom. The molecule has 1 heterocycles. The number of nitrogens with zero attached hydrogens (tertiary/aromatic N) is 1. The zero-order valence-electron chi connectivity index (χ0n) is 13.5. The first-order valence-electron chi connectivity index (χ1n) is 7.54. The quantitative estimate of drug-likeness (QED) is 0.567. The minimum Gasteiger partial charge on any atom is -0.436 e. The fraction of sp³-hybridized carbons (Fsp3) is 0.105. The molecule has 0 unspecified atom stereocenters. The monoisotopic (exact) mass is 333 g/mol. The second-order valence-electron chi connectivity index (χ2n) is 5.39. The predicted octanol–water partition coefficient (Wildman–Crippen LogP) is 3.53. The van der Waals surface area contributed by atoms with Crippen molar-refractivity contribution in [3.05, 3.63) is 42.5 Å². The lowest BCUT2D eigenvalue weighted by molar-refractivity contribution is -0.114. The summed E-state index contributed by atoms with van der Waals surface area (Å²) in [4.78, 5) is 27.4. The SMILES string of the molecule is C#CCOC(=O)Nc1ccc2cc3ccc(NC(C)=O)cc3nc2c1. The van der Waals surface area contributed by atoms with E-state index in [1.165, 1.54) is 6.92 Å². The van der Waals surface area contributed by atoms with Crippen LogP contribution in [0.1, 0.15) is 6.92 Å². The average Bonchev–Trinajstić information content (AvgIpc) is 2.57. The summed E-state index contributed by atoms with van der Waals surface area (Å²) in [6.07, 6.45) is 4.43. The highest BCUT2D eigenvalue weighted by atomic mass is 16.5. The first kappa shape index (κ1) is 16.3. The molecule has 0 bridgehead atoms. The molecule has 2 N–H and O–H groups in total. The van der Waals surface area contributed by atoms with Crippen LogP contribution >= 0.6 is 0 Å². The first-order valence-corrected chi connectivity index (χ1v) is 7.54. The zero-order valence-corrected chi connectivity index (χ0v) is 13.5. The summed E-state index contributed by atoms with van der Waals surface area (Å²) in [6, 6.07) is 12.9.